The lowest BCUT2D eigenvalue weighted by Crippen LogP contribution is -1.82. The average Bonchev–Trinajstić information content (AvgIpc) is 2.72. The Hall–Kier alpha value is -1.87. The second kappa shape index (κ2) is 3.89. The minimum Gasteiger partial charge on any atom is -0.254 e. The second-order valence-corrected chi connectivity index (χ2v) is 3.40. The van der Waals surface area contributed by atoms with Crippen LogP contribution < -0.4 is 0 Å². The number of aromatic nitrogens is 4. The van der Waals surface area contributed by atoms with E-state index < -0.39 is 0 Å². The average molecular weight is 203 g/mol. The summed E-state index contributed by atoms with van der Waals surface area (Å²) in [5.74, 6) is 0. The lowest BCUT2D eigenvalue weighted by Gasteiger charge is -1.95. The van der Waals surface area contributed by atoms with Gasteiger partial charge in [0.05, 0.1) is 5.56 Å². The number of hydrogen-bond acceptors (Lipinski definition) is 5. The first-order valence-electron chi connectivity index (χ1n) is 3.78. The van der Waals surface area contributed by atoms with Gasteiger partial charge < -0.3 is 0 Å². The van der Waals surface area contributed by atoms with Crippen molar-refractivity contribution in [2.24, 2.45) is 0 Å². The maximum Gasteiger partial charge on any atom is 0.189 e. The van der Waals surface area contributed by atoms with Gasteiger partial charge in [-0.1, -0.05) is 0 Å². The van der Waals surface area contributed by atoms with Crippen LogP contribution in [0.4, 0.5) is 0 Å². The van der Waals surface area contributed by atoms with Crippen LogP contribution in [0, 0.1) is 11.3 Å². The normalized spacial score (nSPS) is 9.64. The molecule has 0 saturated carbocycles. The van der Waals surface area contributed by atoms with Gasteiger partial charge in [0.1, 0.15) is 17.4 Å². The van der Waals surface area contributed by atoms with Crippen LogP contribution >= 0.6 is 11.8 Å². The predicted octanol–water partition coefficient (Wildman–Crippen LogP) is 1.22. The molecule has 0 fully saturated rings. The van der Waals surface area contributed by atoms with Crippen molar-refractivity contribution in [2.45, 2.75) is 10.2 Å². The summed E-state index contributed by atoms with van der Waals surface area (Å²) in [7, 11) is 0. The molecule has 0 radical (unpaired) electrons. The van der Waals surface area contributed by atoms with Crippen LogP contribution in [0.1, 0.15) is 5.56 Å². The van der Waals surface area contributed by atoms with Crippen molar-refractivity contribution in [2.75, 3.05) is 0 Å². The Morgan fingerprint density at radius 1 is 1.36 bits per heavy atom. The molecule has 2 rings (SSSR count). The van der Waals surface area contributed by atoms with Gasteiger partial charge in [-0.15, -0.1) is 0 Å². The molecule has 0 aliphatic heterocycles. The zero-order valence-corrected chi connectivity index (χ0v) is 7.82. The van der Waals surface area contributed by atoms with Crippen LogP contribution in [0.3, 0.4) is 0 Å². The van der Waals surface area contributed by atoms with E-state index in [9.17, 15) is 0 Å². The van der Waals surface area contributed by atoms with Crippen molar-refractivity contribution in [3.63, 3.8) is 0 Å². The van der Waals surface area contributed by atoms with Gasteiger partial charge in [-0.3, -0.25) is 5.10 Å². The molecule has 0 atom stereocenters. The van der Waals surface area contributed by atoms with Gasteiger partial charge in [0.2, 0.25) is 0 Å². The van der Waals surface area contributed by atoms with Gasteiger partial charge in [-0.2, -0.15) is 10.4 Å². The van der Waals surface area contributed by atoms with Crippen LogP contribution in [-0.2, 0) is 0 Å². The quantitative estimate of drug-likeness (QED) is 0.794. The standard InChI is InChI=1S/C8H5N5S/c9-3-6-1-2-7(10-4-6)14-8-11-5-12-13-8/h1-2,4-5H,(H,11,12,13). The zero-order chi connectivity index (χ0) is 9.80. The van der Waals surface area contributed by atoms with Crippen LogP contribution in [-0.4, -0.2) is 20.2 Å². The van der Waals surface area contributed by atoms with Crippen molar-refractivity contribution in [1.82, 2.24) is 20.2 Å². The number of nitrogens with one attached hydrogen (secondary N) is 1. The highest BCUT2D eigenvalue weighted by atomic mass is 32.2. The maximum atomic E-state index is 8.56. The second-order valence-electron chi connectivity index (χ2n) is 2.39. The monoisotopic (exact) mass is 203 g/mol. The molecule has 1 N–H and O–H groups in total. The summed E-state index contributed by atoms with van der Waals surface area (Å²) in [6.45, 7) is 0. The predicted molar refractivity (Wildman–Crippen MR) is 49.5 cm³/mol. The Labute approximate surface area is 84.2 Å². The summed E-state index contributed by atoms with van der Waals surface area (Å²) >= 11 is 1.36. The van der Waals surface area contributed by atoms with E-state index in [1.54, 1.807) is 12.1 Å². The number of nitrogens with zero attached hydrogens (tertiary/aromatic N) is 4. The highest BCUT2D eigenvalue weighted by Gasteiger charge is 2.00. The molecule has 0 unspecified atom stereocenters. The zero-order valence-electron chi connectivity index (χ0n) is 7.01. The molecule has 6 heteroatoms. The van der Waals surface area contributed by atoms with Crippen molar-refractivity contribution in [3.05, 3.63) is 30.2 Å². The highest BCUT2D eigenvalue weighted by Crippen LogP contribution is 2.21. The number of H-pyrrole nitrogens is 1. The van der Waals surface area contributed by atoms with Gasteiger partial charge in [-0.05, 0) is 23.9 Å². The molecule has 14 heavy (non-hydrogen) atoms. The number of rotatable bonds is 2. The molecule has 2 aromatic rings. The smallest absolute Gasteiger partial charge is 0.189 e. The van der Waals surface area contributed by atoms with Gasteiger partial charge in [-0.25, -0.2) is 9.97 Å². The summed E-state index contributed by atoms with van der Waals surface area (Å²) in [6.07, 6.45) is 2.96. The Kier molecular flexibility index (Phi) is 2.42. The fraction of sp³-hybridized carbons (Fsp3) is 0. The van der Waals surface area contributed by atoms with Crippen molar-refractivity contribution in [1.29, 1.82) is 5.26 Å². The first-order valence-corrected chi connectivity index (χ1v) is 4.59. The highest BCUT2D eigenvalue weighted by molar-refractivity contribution is 7.99. The third-order valence-corrected chi connectivity index (χ3v) is 2.30. The first kappa shape index (κ1) is 8.72. The summed E-state index contributed by atoms with van der Waals surface area (Å²) in [5.41, 5.74) is 0.548. The molecule has 0 aromatic carbocycles. The van der Waals surface area contributed by atoms with Crippen molar-refractivity contribution in [3.8, 4) is 6.07 Å². The molecule has 0 aliphatic rings. The maximum absolute atomic E-state index is 8.56. The summed E-state index contributed by atoms with van der Waals surface area (Å²) in [5, 5.41) is 16.4. The topological polar surface area (TPSA) is 78.2 Å². The van der Waals surface area contributed by atoms with E-state index in [0.29, 0.717) is 10.7 Å². The van der Waals surface area contributed by atoms with Crippen molar-refractivity contribution < 1.29 is 0 Å². The third-order valence-electron chi connectivity index (χ3n) is 1.46. The fourth-order valence-corrected chi connectivity index (χ4v) is 1.49. The van der Waals surface area contributed by atoms with E-state index in [2.05, 4.69) is 20.2 Å². The van der Waals surface area contributed by atoms with E-state index in [4.69, 9.17) is 5.26 Å². The Bertz CT molecular complexity index is 442. The third kappa shape index (κ3) is 1.89. The van der Waals surface area contributed by atoms with Gasteiger partial charge in [0, 0.05) is 6.20 Å². The summed E-state index contributed by atoms with van der Waals surface area (Å²) in [4.78, 5) is 8.02. The Balaban J connectivity index is 2.15. The van der Waals surface area contributed by atoms with Crippen LogP contribution in [0.5, 0.6) is 0 Å². The minimum absolute atomic E-state index is 0.548. The molecule has 0 spiro atoms. The van der Waals surface area contributed by atoms with Crippen LogP contribution in [0.2, 0.25) is 0 Å². The largest absolute Gasteiger partial charge is 0.254 e. The molecule has 0 aliphatic carbocycles. The molecular weight excluding hydrogens is 198 g/mol. The number of nitriles is 1. The molecule has 68 valence electrons. The molecule has 5 nitrogen and oxygen atoms in total. The van der Waals surface area contributed by atoms with E-state index in [1.165, 1.54) is 24.3 Å². The number of hydrogen-bond donors (Lipinski definition) is 1. The molecule has 0 saturated heterocycles. The number of pyridine rings is 1. The SMILES string of the molecule is N#Cc1ccc(Sc2ncn[nH]2)nc1. The van der Waals surface area contributed by atoms with Gasteiger partial charge in [0.25, 0.3) is 0 Å². The Morgan fingerprint density at radius 3 is 2.86 bits per heavy atom. The van der Waals surface area contributed by atoms with Crippen molar-refractivity contribution >= 4 is 11.8 Å². The molecule has 0 amide bonds. The van der Waals surface area contributed by atoms with Gasteiger partial charge >= 0.3 is 0 Å². The minimum atomic E-state index is 0.548. The molecule has 2 aromatic heterocycles. The van der Waals surface area contributed by atoms with E-state index in [0.717, 1.165) is 5.03 Å². The van der Waals surface area contributed by atoms with E-state index in [1.807, 2.05) is 6.07 Å². The van der Waals surface area contributed by atoms with Gasteiger partial charge in [0.15, 0.2) is 5.16 Å². The summed E-state index contributed by atoms with van der Waals surface area (Å²) in [6, 6.07) is 5.49. The Morgan fingerprint density at radius 2 is 2.29 bits per heavy atom. The first-order chi connectivity index (χ1) is 6.88. The van der Waals surface area contributed by atoms with Crippen LogP contribution in [0.15, 0.2) is 34.8 Å². The van der Waals surface area contributed by atoms with E-state index in [-0.39, 0.29) is 0 Å². The molecular formula is C8H5N5S. The number of aromatic amines is 1. The lowest BCUT2D eigenvalue weighted by atomic mass is 10.3. The fourth-order valence-electron chi connectivity index (χ4n) is 0.849. The van der Waals surface area contributed by atoms with Crippen LogP contribution in [0.25, 0.3) is 0 Å². The van der Waals surface area contributed by atoms with E-state index >= 15 is 0 Å². The molecule has 0 bridgehead atoms. The summed E-state index contributed by atoms with van der Waals surface area (Å²) < 4.78 is 0. The lowest BCUT2D eigenvalue weighted by molar-refractivity contribution is 0.967. The molecule has 2 heterocycles.